The van der Waals surface area contributed by atoms with Crippen LogP contribution in [0.3, 0.4) is 0 Å². The molecule has 0 saturated carbocycles. The fourth-order valence-corrected chi connectivity index (χ4v) is 14.8. The molecule has 4 unspecified atom stereocenters. The molecule has 17 nitrogen and oxygen atoms in total. The molecule has 0 amide bonds. The largest absolute Gasteiger partial charge is 0.472 e. The van der Waals surface area contributed by atoms with E-state index in [0.717, 1.165) is 114 Å². The van der Waals surface area contributed by atoms with E-state index < -0.39 is 97.5 Å². The standard InChI is InChI=1S/C86H168O17P2/c1-9-78(7)64-56-48-39-33-27-21-15-13-11-12-14-16-24-30-36-42-52-60-68-86(91)103-82(73-97-84(89)67-59-51-45-44-47-55-63-77(5)6)75-101-105(94,95)99-71-80(87)70-98-104(92,93)100-74-81(102-85(90)69-61-53-43-37-31-25-19-20-26-32-38-46-54-62-76(3)4)72-96-83(88)66-58-50-41-35-29-23-18-17-22-28-34-40-49-57-65-79(8)10-2/h76-82,87H,9-75H2,1-8H3,(H,92,93)(H,94,95)/t78?,79?,80-,81-,82-/m1/s1. The quantitative estimate of drug-likeness (QED) is 0.0222. The molecule has 0 aromatic carbocycles. The van der Waals surface area contributed by atoms with Crippen LogP contribution >= 0.6 is 15.6 Å². The number of rotatable bonds is 83. The number of unbranched alkanes of at least 4 members (excludes halogenated alkanes) is 47. The SMILES string of the molecule is CCC(C)CCCCCCCCCCCCCCCCCCCCC(=O)O[C@H](COC(=O)CCCCCCCCC(C)C)COP(=O)(O)OC[C@H](O)COP(=O)(O)OC[C@@H](COC(=O)CCCCCCCCCCCCCCCCC(C)CC)OC(=O)CCCCCCCCCCCCCCCC(C)C. The summed E-state index contributed by atoms with van der Waals surface area (Å²) in [6.45, 7) is 14.3. The number of ether oxygens (including phenoxy) is 4. The first-order chi connectivity index (χ1) is 50.7. The Bertz CT molecular complexity index is 2050. The van der Waals surface area contributed by atoms with Crippen molar-refractivity contribution in [2.45, 2.75) is 465 Å². The van der Waals surface area contributed by atoms with Crippen molar-refractivity contribution in [3.8, 4) is 0 Å². The Morgan fingerprint density at radius 2 is 0.457 bits per heavy atom. The lowest BCUT2D eigenvalue weighted by atomic mass is 9.99. The summed E-state index contributed by atoms with van der Waals surface area (Å²) in [4.78, 5) is 73.2. The van der Waals surface area contributed by atoms with Crippen LogP contribution < -0.4 is 0 Å². The first-order valence-corrected chi connectivity index (χ1v) is 47.3. The van der Waals surface area contributed by atoms with Crippen LogP contribution in [0.5, 0.6) is 0 Å². The fourth-order valence-electron chi connectivity index (χ4n) is 13.3. The van der Waals surface area contributed by atoms with Gasteiger partial charge in [-0.3, -0.25) is 37.3 Å². The summed E-state index contributed by atoms with van der Waals surface area (Å²) < 4.78 is 68.8. The number of carbonyl (C=O) groups excluding carboxylic acids is 4. The maximum Gasteiger partial charge on any atom is 0.472 e. The Kier molecular flexibility index (Phi) is 73.4. The Hall–Kier alpha value is -1.94. The van der Waals surface area contributed by atoms with Crippen LogP contribution in [-0.2, 0) is 65.4 Å². The second-order valence-electron chi connectivity index (χ2n) is 32.4. The number of aliphatic hydroxyl groups is 1. The van der Waals surface area contributed by atoms with Crippen molar-refractivity contribution >= 4 is 39.5 Å². The average Bonchev–Trinajstić information content (AvgIpc) is 0.920. The number of hydrogen-bond acceptors (Lipinski definition) is 15. The van der Waals surface area contributed by atoms with Gasteiger partial charge in [0.05, 0.1) is 26.4 Å². The molecule has 0 radical (unpaired) electrons. The van der Waals surface area contributed by atoms with Gasteiger partial charge in [-0.05, 0) is 49.4 Å². The van der Waals surface area contributed by atoms with E-state index in [1.807, 2.05) is 0 Å². The molecule has 0 spiro atoms. The summed E-state index contributed by atoms with van der Waals surface area (Å²) in [5.41, 5.74) is 0. The maximum atomic E-state index is 13.1. The van der Waals surface area contributed by atoms with Crippen LogP contribution in [0.1, 0.15) is 447 Å². The molecule has 19 heteroatoms. The molecule has 3 N–H and O–H groups in total. The molecule has 0 aliphatic rings. The lowest BCUT2D eigenvalue weighted by Gasteiger charge is -2.21. The molecule has 0 bridgehead atoms. The summed E-state index contributed by atoms with van der Waals surface area (Å²) >= 11 is 0. The number of hydrogen-bond donors (Lipinski definition) is 3. The molecule has 7 atom stereocenters. The molecular weight excluding hydrogens is 1370 g/mol. The van der Waals surface area contributed by atoms with Crippen molar-refractivity contribution in [1.82, 2.24) is 0 Å². The summed E-state index contributed by atoms with van der Waals surface area (Å²) in [6, 6.07) is 0. The van der Waals surface area contributed by atoms with Crippen molar-refractivity contribution < 1.29 is 80.2 Å². The summed E-state index contributed by atoms with van der Waals surface area (Å²) in [7, 11) is -9.93. The molecule has 0 aliphatic carbocycles. The topological polar surface area (TPSA) is 237 Å². The predicted molar refractivity (Wildman–Crippen MR) is 432 cm³/mol. The Morgan fingerprint density at radius 1 is 0.267 bits per heavy atom. The Morgan fingerprint density at radius 3 is 0.676 bits per heavy atom. The zero-order chi connectivity index (χ0) is 77.4. The van der Waals surface area contributed by atoms with Gasteiger partial charge >= 0.3 is 39.5 Å². The van der Waals surface area contributed by atoms with Gasteiger partial charge in [0.2, 0.25) is 0 Å². The predicted octanol–water partition coefficient (Wildman–Crippen LogP) is 25.9. The number of carbonyl (C=O) groups is 4. The minimum absolute atomic E-state index is 0.107. The van der Waals surface area contributed by atoms with Gasteiger partial charge in [-0.2, -0.15) is 0 Å². The molecular formula is C86H168O17P2. The molecule has 0 rings (SSSR count). The van der Waals surface area contributed by atoms with E-state index in [1.165, 1.54) is 244 Å². The van der Waals surface area contributed by atoms with Crippen LogP contribution in [0.2, 0.25) is 0 Å². The minimum atomic E-state index is -4.97. The fraction of sp³-hybridized carbons (Fsp3) is 0.953. The molecule has 105 heavy (non-hydrogen) atoms. The number of phosphoric acid groups is 2. The van der Waals surface area contributed by atoms with Gasteiger partial charge < -0.3 is 33.8 Å². The highest BCUT2D eigenvalue weighted by molar-refractivity contribution is 7.47. The van der Waals surface area contributed by atoms with Gasteiger partial charge in [-0.1, -0.05) is 396 Å². The summed E-state index contributed by atoms with van der Waals surface area (Å²) in [6.07, 6.45) is 64.0. The first-order valence-electron chi connectivity index (χ1n) is 44.3. The second kappa shape index (κ2) is 74.8. The van der Waals surface area contributed by atoms with E-state index in [-0.39, 0.29) is 25.7 Å². The maximum absolute atomic E-state index is 13.1. The zero-order valence-electron chi connectivity index (χ0n) is 69.4. The highest BCUT2D eigenvalue weighted by Crippen LogP contribution is 2.45. The molecule has 0 aliphatic heterocycles. The van der Waals surface area contributed by atoms with Crippen molar-refractivity contribution in [2.75, 3.05) is 39.6 Å². The highest BCUT2D eigenvalue weighted by atomic mass is 31.2. The van der Waals surface area contributed by atoms with Gasteiger partial charge in [-0.15, -0.1) is 0 Å². The molecule has 0 saturated heterocycles. The van der Waals surface area contributed by atoms with E-state index >= 15 is 0 Å². The molecule has 0 aromatic heterocycles. The molecule has 0 heterocycles. The lowest BCUT2D eigenvalue weighted by molar-refractivity contribution is -0.161. The van der Waals surface area contributed by atoms with Crippen LogP contribution in [-0.4, -0.2) is 96.7 Å². The van der Waals surface area contributed by atoms with E-state index in [0.29, 0.717) is 31.6 Å². The summed E-state index contributed by atoms with van der Waals surface area (Å²) in [5, 5.41) is 10.7. The van der Waals surface area contributed by atoms with E-state index in [1.54, 1.807) is 0 Å². The molecule has 0 aromatic rings. The van der Waals surface area contributed by atoms with Crippen LogP contribution in [0.4, 0.5) is 0 Å². The minimum Gasteiger partial charge on any atom is -0.462 e. The van der Waals surface area contributed by atoms with Gasteiger partial charge in [0.25, 0.3) is 0 Å². The monoisotopic (exact) mass is 1540 g/mol. The Labute approximate surface area is 645 Å². The number of esters is 4. The summed E-state index contributed by atoms with van der Waals surface area (Å²) in [5.74, 6) is 1.08. The average molecular weight is 1540 g/mol. The van der Waals surface area contributed by atoms with Crippen LogP contribution in [0, 0.1) is 23.7 Å². The highest BCUT2D eigenvalue weighted by Gasteiger charge is 2.31. The van der Waals surface area contributed by atoms with Gasteiger partial charge in [-0.25, -0.2) is 9.13 Å². The first kappa shape index (κ1) is 103. The lowest BCUT2D eigenvalue weighted by Crippen LogP contribution is -2.30. The third-order valence-electron chi connectivity index (χ3n) is 20.8. The zero-order valence-corrected chi connectivity index (χ0v) is 71.2. The van der Waals surface area contributed by atoms with Crippen LogP contribution in [0.15, 0.2) is 0 Å². The van der Waals surface area contributed by atoms with Crippen molar-refractivity contribution in [3.05, 3.63) is 0 Å². The third-order valence-corrected chi connectivity index (χ3v) is 22.7. The van der Waals surface area contributed by atoms with Gasteiger partial charge in [0, 0.05) is 25.7 Å². The van der Waals surface area contributed by atoms with E-state index in [2.05, 4.69) is 55.4 Å². The smallest absolute Gasteiger partial charge is 0.462 e. The number of aliphatic hydroxyl groups excluding tert-OH is 1. The van der Waals surface area contributed by atoms with Crippen molar-refractivity contribution in [1.29, 1.82) is 0 Å². The van der Waals surface area contributed by atoms with Gasteiger partial charge in [0.1, 0.15) is 19.3 Å². The van der Waals surface area contributed by atoms with Crippen LogP contribution in [0.25, 0.3) is 0 Å². The molecule has 0 fully saturated rings. The van der Waals surface area contributed by atoms with Crippen molar-refractivity contribution in [3.63, 3.8) is 0 Å². The van der Waals surface area contributed by atoms with E-state index in [4.69, 9.17) is 37.0 Å². The molecule has 624 valence electrons. The number of phosphoric ester groups is 2. The van der Waals surface area contributed by atoms with Gasteiger partial charge in [0.15, 0.2) is 12.2 Å². The van der Waals surface area contributed by atoms with Crippen molar-refractivity contribution in [2.24, 2.45) is 23.7 Å². The van der Waals surface area contributed by atoms with E-state index in [9.17, 15) is 43.2 Å². The Balaban J connectivity index is 5.19. The normalized spacial score (nSPS) is 14.4. The second-order valence-corrected chi connectivity index (χ2v) is 35.3. The third kappa shape index (κ3) is 77.2.